The Balaban J connectivity index is 1.82. The van der Waals surface area contributed by atoms with Gasteiger partial charge in [0.15, 0.2) is 0 Å². The van der Waals surface area contributed by atoms with E-state index in [-0.39, 0.29) is 12.0 Å². The van der Waals surface area contributed by atoms with Crippen LogP contribution >= 0.6 is 11.3 Å². The van der Waals surface area contributed by atoms with E-state index in [0.717, 1.165) is 43.7 Å². The summed E-state index contributed by atoms with van der Waals surface area (Å²) in [7, 11) is 1.47. The second-order valence-corrected chi connectivity index (χ2v) is 6.66. The van der Waals surface area contributed by atoms with E-state index in [1.165, 1.54) is 7.11 Å². The van der Waals surface area contributed by atoms with Crippen LogP contribution in [0.3, 0.4) is 0 Å². The molecule has 0 radical (unpaired) electrons. The Kier molecular flexibility index (Phi) is 5.13. The van der Waals surface area contributed by atoms with E-state index >= 15 is 0 Å². The summed E-state index contributed by atoms with van der Waals surface area (Å²) in [4.78, 5) is 19.0. The second-order valence-electron chi connectivity index (χ2n) is 5.88. The van der Waals surface area contributed by atoms with Crippen molar-refractivity contribution in [2.45, 2.75) is 38.3 Å². The van der Waals surface area contributed by atoms with Crippen molar-refractivity contribution < 1.29 is 9.53 Å². The van der Waals surface area contributed by atoms with Crippen molar-refractivity contribution in [2.75, 3.05) is 20.2 Å². The fourth-order valence-electron chi connectivity index (χ4n) is 3.43. The van der Waals surface area contributed by atoms with Crippen LogP contribution in [0.1, 0.15) is 43.2 Å². The van der Waals surface area contributed by atoms with Crippen molar-refractivity contribution >= 4 is 17.3 Å². The minimum Gasteiger partial charge on any atom is -0.468 e. The average Bonchev–Trinajstić information content (AvgIpc) is 3.26. The molecule has 3 heterocycles. The molecule has 124 valence electrons. The Labute approximate surface area is 140 Å². The third-order valence-electron chi connectivity index (χ3n) is 4.53. The molecule has 1 aliphatic heterocycles. The van der Waals surface area contributed by atoms with E-state index in [2.05, 4.69) is 27.6 Å². The van der Waals surface area contributed by atoms with Crippen molar-refractivity contribution in [3.8, 4) is 0 Å². The third kappa shape index (κ3) is 3.33. The van der Waals surface area contributed by atoms with E-state index in [1.54, 1.807) is 11.3 Å². The number of aryl methyl sites for hydroxylation is 1. The zero-order chi connectivity index (χ0) is 16.2. The molecule has 6 heteroatoms. The number of esters is 1. The molecule has 0 bridgehead atoms. The van der Waals surface area contributed by atoms with Gasteiger partial charge in [0, 0.05) is 31.4 Å². The quantitative estimate of drug-likeness (QED) is 0.789. The number of aromatic nitrogens is 2. The molecule has 0 spiro atoms. The highest BCUT2D eigenvalue weighted by Gasteiger charge is 2.33. The summed E-state index contributed by atoms with van der Waals surface area (Å²) in [6, 6.07) is 2.08. The molecule has 5 nitrogen and oxygen atoms in total. The molecule has 1 aliphatic rings. The predicted octanol–water partition coefficient (Wildman–Crippen LogP) is 3.06. The van der Waals surface area contributed by atoms with Gasteiger partial charge in [0.25, 0.3) is 0 Å². The van der Waals surface area contributed by atoms with Crippen LogP contribution in [0.2, 0.25) is 0 Å². The Morgan fingerprint density at radius 2 is 2.43 bits per heavy atom. The van der Waals surface area contributed by atoms with Gasteiger partial charge in [-0.2, -0.15) is 11.3 Å². The lowest BCUT2D eigenvalue weighted by molar-refractivity contribution is -0.148. The van der Waals surface area contributed by atoms with Crippen LogP contribution in [0, 0.1) is 0 Å². The average molecular weight is 333 g/mol. The van der Waals surface area contributed by atoms with Gasteiger partial charge in [-0.3, -0.25) is 4.90 Å². The second kappa shape index (κ2) is 7.27. The highest BCUT2D eigenvalue weighted by molar-refractivity contribution is 7.08. The third-order valence-corrected chi connectivity index (χ3v) is 5.24. The monoisotopic (exact) mass is 333 g/mol. The first kappa shape index (κ1) is 16.2. The molecule has 0 aliphatic carbocycles. The van der Waals surface area contributed by atoms with Crippen molar-refractivity contribution in [3.63, 3.8) is 0 Å². The van der Waals surface area contributed by atoms with E-state index < -0.39 is 0 Å². The summed E-state index contributed by atoms with van der Waals surface area (Å²) < 4.78 is 7.34. The van der Waals surface area contributed by atoms with Crippen LogP contribution in [0.25, 0.3) is 0 Å². The van der Waals surface area contributed by atoms with Gasteiger partial charge in [0.05, 0.1) is 7.11 Å². The van der Waals surface area contributed by atoms with Crippen LogP contribution in [0.4, 0.5) is 0 Å². The maximum atomic E-state index is 12.3. The highest BCUT2D eigenvalue weighted by Crippen LogP contribution is 2.31. The van der Waals surface area contributed by atoms with Gasteiger partial charge >= 0.3 is 5.97 Å². The van der Waals surface area contributed by atoms with Crippen LogP contribution in [-0.2, 0) is 16.0 Å². The number of carbonyl (C=O) groups is 1. The first-order valence-electron chi connectivity index (χ1n) is 8.10. The lowest BCUT2D eigenvalue weighted by Crippen LogP contribution is -2.42. The molecule has 0 amide bonds. The number of ether oxygens (including phenoxy) is 1. The topological polar surface area (TPSA) is 47.4 Å². The molecule has 0 N–H and O–H groups in total. The zero-order valence-corrected chi connectivity index (χ0v) is 14.5. The lowest BCUT2D eigenvalue weighted by Gasteiger charge is -2.37. The van der Waals surface area contributed by atoms with Crippen LogP contribution in [0.5, 0.6) is 0 Å². The molecule has 0 saturated carbocycles. The number of hydrogen-bond acceptors (Lipinski definition) is 5. The highest BCUT2D eigenvalue weighted by atomic mass is 32.1. The standard InChI is InChI=1S/C17H23N3O2S/c1-3-15-18-7-9-20(15)14-5-4-8-19(11-14)16(17(21)22-2)13-6-10-23-12-13/h6-7,9-10,12,14,16H,3-5,8,11H2,1-2H3/t14-,16-/m0/s1. The number of nitrogens with zero attached hydrogens (tertiary/aromatic N) is 3. The number of hydrogen-bond donors (Lipinski definition) is 0. The molecule has 2 atom stereocenters. The van der Waals surface area contributed by atoms with Gasteiger partial charge in [-0.1, -0.05) is 6.92 Å². The van der Waals surface area contributed by atoms with Crippen LogP contribution in [0.15, 0.2) is 29.2 Å². The fourth-order valence-corrected chi connectivity index (χ4v) is 4.11. The molecule has 0 aromatic carbocycles. The number of piperidine rings is 1. The number of imidazole rings is 1. The maximum Gasteiger partial charge on any atom is 0.327 e. The van der Waals surface area contributed by atoms with E-state index in [0.29, 0.717) is 6.04 Å². The van der Waals surface area contributed by atoms with E-state index in [1.807, 2.05) is 23.0 Å². The lowest BCUT2D eigenvalue weighted by atomic mass is 10.0. The number of carbonyl (C=O) groups excluding carboxylic acids is 1. The molecule has 1 saturated heterocycles. The van der Waals surface area contributed by atoms with Gasteiger partial charge in [-0.15, -0.1) is 0 Å². The maximum absolute atomic E-state index is 12.3. The smallest absolute Gasteiger partial charge is 0.327 e. The van der Waals surface area contributed by atoms with Gasteiger partial charge in [0.2, 0.25) is 0 Å². The first-order chi connectivity index (χ1) is 11.2. The zero-order valence-electron chi connectivity index (χ0n) is 13.6. The summed E-state index contributed by atoms with van der Waals surface area (Å²) in [5, 5.41) is 4.05. The molecular formula is C17H23N3O2S. The van der Waals surface area contributed by atoms with Crippen molar-refractivity contribution in [1.82, 2.24) is 14.5 Å². The van der Waals surface area contributed by atoms with E-state index in [9.17, 15) is 4.79 Å². The molecule has 0 unspecified atom stereocenters. The molecule has 1 fully saturated rings. The van der Waals surface area contributed by atoms with Gasteiger partial charge in [0.1, 0.15) is 11.9 Å². The minimum atomic E-state index is -0.303. The summed E-state index contributed by atoms with van der Waals surface area (Å²) in [5.41, 5.74) is 1.03. The Morgan fingerprint density at radius 3 is 3.13 bits per heavy atom. The summed E-state index contributed by atoms with van der Waals surface area (Å²) in [6.07, 6.45) is 7.05. The first-order valence-corrected chi connectivity index (χ1v) is 9.04. The number of methoxy groups -OCH3 is 1. The number of likely N-dealkylation sites (tertiary alicyclic amines) is 1. The van der Waals surface area contributed by atoms with Crippen LogP contribution < -0.4 is 0 Å². The number of rotatable bonds is 5. The van der Waals surface area contributed by atoms with Gasteiger partial charge in [-0.25, -0.2) is 9.78 Å². The summed E-state index contributed by atoms with van der Waals surface area (Å²) in [6.45, 7) is 3.89. The summed E-state index contributed by atoms with van der Waals surface area (Å²) >= 11 is 1.61. The molecule has 2 aromatic rings. The number of thiophene rings is 1. The predicted molar refractivity (Wildman–Crippen MR) is 90.5 cm³/mol. The largest absolute Gasteiger partial charge is 0.468 e. The van der Waals surface area contributed by atoms with E-state index in [4.69, 9.17) is 4.74 Å². The Morgan fingerprint density at radius 1 is 1.57 bits per heavy atom. The Hall–Kier alpha value is -1.66. The van der Waals surface area contributed by atoms with Crippen molar-refractivity contribution in [2.24, 2.45) is 0 Å². The molecule has 2 aromatic heterocycles. The van der Waals surface area contributed by atoms with Gasteiger partial charge in [-0.05, 0) is 41.8 Å². The molecule has 23 heavy (non-hydrogen) atoms. The van der Waals surface area contributed by atoms with Crippen molar-refractivity contribution in [1.29, 1.82) is 0 Å². The Bertz CT molecular complexity index is 638. The fraction of sp³-hybridized carbons (Fsp3) is 0.529. The van der Waals surface area contributed by atoms with Crippen molar-refractivity contribution in [3.05, 3.63) is 40.6 Å². The molecule has 3 rings (SSSR count). The molecular weight excluding hydrogens is 310 g/mol. The normalized spacial score (nSPS) is 20.3. The van der Waals surface area contributed by atoms with Gasteiger partial charge < -0.3 is 9.30 Å². The summed E-state index contributed by atoms with van der Waals surface area (Å²) in [5.74, 6) is 0.937. The minimum absolute atomic E-state index is 0.176. The van der Waals surface area contributed by atoms with Crippen LogP contribution in [-0.4, -0.2) is 40.6 Å². The SMILES string of the molecule is CCc1nccn1[C@H]1CCCN([C@H](C(=O)OC)c2ccsc2)C1.